The molecular formula is C10H8I. The highest BCUT2D eigenvalue weighted by Gasteiger charge is 1.92. The molecule has 0 aliphatic carbocycles. The number of rotatable bonds is 2. The number of halogens is 1. The molecule has 0 aliphatic heterocycles. The minimum absolute atomic E-state index is 1.02. The van der Waals surface area contributed by atoms with Gasteiger partial charge in [-0.1, -0.05) is 19.2 Å². The van der Waals surface area contributed by atoms with Crippen LogP contribution in [0, 0.1) is 9.65 Å². The molecule has 11 heavy (non-hydrogen) atoms. The van der Waals surface area contributed by atoms with Crippen molar-refractivity contribution in [2.24, 2.45) is 0 Å². The van der Waals surface area contributed by atoms with Gasteiger partial charge in [-0.25, -0.2) is 0 Å². The molecule has 0 unspecified atom stereocenters. The molecule has 0 spiro atoms. The first kappa shape index (κ1) is 8.53. The van der Waals surface area contributed by atoms with Crippen molar-refractivity contribution in [3.8, 4) is 0 Å². The molecule has 0 saturated heterocycles. The van der Waals surface area contributed by atoms with E-state index in [4.69, 9.17) is 0 Å². The third-order valence-corrected chi connectivity index (χ3v) is 1.98. The monoisotopic (exact) mass is 255 g/mol. The molecule has 1 aromatic rings. The third kappa shape index (κ3) is 2.19. The molecule has 1 aromatic carbocycles. The molecule has 55 valence electrons. The van der Waals surface area contributed by atoms with Crippen molar-refractivity contribution in [3.63, 3.8) is 0 Å². The number of benzene rings is 1. The lowest BCUT2D eigenvalue weighted by atomic mass is 10.1. The largest absolute Gasteiger partial charge is 0.0985 e. The van der Waals surface area contributed by atoms with Gasteiger partial charge in [-0.3, -0.25) is 0 Å². The Morgan fingerprint density at radius 1 is 1.36 bits per heavy atom. The molecule has 0 aromatic heterocycles. The van der Waals surface area contributed by atoms with E-state index in [1.54, 1.807) is 0 Å². The molecule has 0 bridgehead atoms. The van der Waals surface area contributed by atoms with Crippen molar-refractivity contribution in [3.05, 3.63) is 52.1 Å². The summed E-state index contributed by atoms with van der Waals surface area (Å²) < 4.78 is 1.19. The highest BCUT2D eigenvalue weighted by atomic mass is 127. The average molecular weight is 255 g/mol. The van der Waals surface area contributed by atoms with Crippen LogP contribution in [0.15, 0.2) is 31.4 Å². The number of hydrogen-bond acceptors (Lipinski definition) is 0. The van der Waals surface area contributed by atoms with Crippen LogP contribution in [0.3, 0.4) is 0 Å². The van der Waals surface area contributed by atoms with Gasteiger partial charge in [-0.05, 0) is 58.0 Å². The minimum atomic E-state index is 1.02. The van der Waals surface area contributed by atoms with Crippen LogP contribution in [0.4, 0.5) is 0 Å². The van der Waals surface area contributed by atoms with Gasteiger partial charge in [0.2, 0.25) is 0 Å². The van der Waals surface area contributed by atoms with E-state index in [9.17, 15) is 0 Å². The second-order valence-corrected chi connectivity index (χ2v) is 3.40. The van der Waals surface area contributed by atoms with Gasteiger partial charge in [0.1, 0.15) is 0 Å². The van der Waals surface area contributed by atoms with Crippen LogP contribution in [0.25, 0.3) is 6.08 Å². The maximum atomic E-state index is 3.70. The van der Waals surface area contributed by atoms with Gasteiger partial charge in [0, 0.05) is 3.57 Å². The van der Waals surface area contributed by atoms with Crippen LogP contribution >= 0.6 is 22.6 Å². The quantitative estimate of drug-likeness (QED) is 0.711. The van der Waals surface area contributed by atoms with Crippen LogP contribution in [-0.4, -0.2) is 0 Å². The summed E-state index contributed by atoms with van der Waals surface area (Å²) in [7, 11) is 0. The molecule has 0 aliphatic rings. The molecule has 1 heteroatoms. The van der Waals surface area contributed by atoms with Gasteiger partial charge in [0.15, 0.2) is 0 Å². The fourth-order valence-corrected chi connectivity index (χ4v) is 1.53. The Morgan fingerprint density at radius 2 is 2.09 bits per heavy atom. The second-order valence-electron chi connectivity index (χ2n) is 2.15. The van der Waals surface area contributed by atoms with E-state index in [-0.39, 0.29) is 0 Å². The molecule has 1 rings (SSSR count). The lowest BCUT2D eigenvalue weighted by Crippen LogP contribution is -1.79. The summed E-state index contributed by atoms with van der Waals surface area (Å²) >= 11 is 2.26. The fraction of sp³-hybridized carbons (Fsp3) is 0. The van der Waals surface area contributed by atoms with Gasteiger partial charge in [0.05, 0.1) is 0 Å². The minimum Gasteiger partial charge on any atom is -0.0985 e. The van der Waals surface area contributed by atoms with E-state index in [1.165, 1.54) is 3.57 Å². The molecule has 1 radical (unpaired) electrons. The molecular weight excluding hydrogens is 247 g/mol. The van der Waals surface area contributed by atoms with Gasteiger partial charge in [-0.15, -0.1) is 0 Å². The summed E-state index contributed by atoms with van der Waals surface area (Å²) in [4.78, 5) is 0. The molecule has 0 fully saturated rings. The third-order valence-electron chi connectivity index (χ3n) is 1.36. The Balaban J connectivity index is 3.21. The molecule has 0 atom stereocenters. The van der Waals surface area contributed by atoms with Crippen LogP contribution < -0.4 is 0 Å². The van der Waals surface area contributed by atoms with E-state index in [0.717, 1.165) is 11.1 Å². The standard InChI is InChI=1S/C10H8I/c1-3-8-5-9(4-2)7-10(11)6-8/h3,5-7H,1-2H2. The van der Waals surface area contributed by atoms with Gasteiger partial charge < -0.3 is 0 Å². The van der Waals surface area contributed by atoms with Crippen LogP contribution in [0.5, 0.6) is 0 Å². The Morgan fingerprint density at radius 3 is 2.64 bits per heavy atom. The van der Waals surface area contributed by atoms with Crippen LogP contribution in [0.2, 0.25) is 0 Å². The SMILES string of the molecule is C=[C]c1cc(I)cc(C=C)c1. The summed E-state index contributed by atoms with van der Waals surface area (Å²) in [5, 5.41) is 0. The Bertz CT molecular complexity index is 261. The molecule has 0 nitrogen and oxygen atoms in total. The first-order chi connectivity index (χ1) is 5.26. The van der Waals surface area contributed by atoms with E-state index in [2.05, 4.69) is 47.9 Å². The van der Waals surface area contributed by atoms with E-state index >= 15 is 0 Å². The fourth-order valence-electron chi connectivity index (χ4n) is 0.832. The van der Waals surface area contributed by atoms with Crippen molar-refractivity contribution >= 4 is 28.7 Å². The summed E-state index contributed by atoms with van der Waals surface area (Å²) in [5.74, 6) is 0. The number of hydrogen-bond donors (Lipinski definition) is 0. The van der Waals surface area contributed by atoms with E-state index in [0.29, 0.717) is 0 Å². The normalized spacial score (nSPS) is 9.18. The van der Waals surface area contributed by atoms with Crippen molar-refractivity contribution in [1.29, 1.82) is 0 Å². The Labute approximate surface area is 80.8 Å². The van der Waals surface area contributed by atoms with Crippen molar-refractivity contribution in [1.82, 2.24) is 0 Å². The summed E-state index contributed by atoms with van der Waals surface area (Å²) in [6.45, 7) is 7.28. The Hall–Kier alpha value is -0.570. The summed E-state index contributed by atoms with van der Waals surface area (Å²) in [5.41, 5.74) is 2.13. The van der Waals surface area contributed by atoms with Crippen molar-refractivity contribution < 1.29 is 0 Å². The predicted octanol–water partition coefficient (Wildman–Crippen LogP) is 3.27. The molecule has 0 N–H and O–H groups in total. The maximum absolute atomic E-state index is 3.70. The zero-order valence-corrected chi connectivity index (χ0v) is 8.26. The van der Waals surface area contributed by atoms with Gasteiger partial charge in [-0.2, -0.15) is 0 Å². The first-order valence-corrected chi connectivity index (χ1v) is 4.30. The smallest absolute Gasteiger partial charge is 0.0142 e. The van der Waals surface area contributed by atoms with Gasteiger partial charge >= 0.3 is 0 Å². The van der Waals surface area contributed by atoms with Gasteiger partial charge in [0.25, 0.3) is 0 Å². The zero-order chi connectivity index (χ0) is 8.27. The maximum Gasteiger partial charge on any atom is 0.0142 e. The molecule has 0 heterocycles. The van der Waals surface area contributed by atoms with Crippen LogP contribution in [0.1, 0.15) is 11.1 Å². The highest BCUT2D eigenvalue weighted by molar-refractivity contribution is 14.1. The van der Waals surface area contributed by atoms with E-state index in [1.807, 2.05) is 18.2 Å². The first-order valence-electron chi connectivity index (χ1n) is 3.22. The summed E-state index contributed by atoms with van der Waals surface area (Å²) in [6, 6.07) is 6.09. The Kier molecular flexibility index (Phi) is 2.88. The second kappa shape index (κ2) is 3.72. The van der Waals surface area contributed by atoms with Crippen molar-refractivity contribution in [2.45, 2.75) is 0 Å². The lowest BCUT2D eigenvalue weighted by Gasteiger charge is -1.97. The topological polar surface area (TPSA) is 0 Å². The van der Waals surface area contributed by atoms with E-state index < -0.39 is 0 Å². The van der Waals surface area contributed by atoms with Crippen molar-refractivity contribution in [2.75, 3.05) is 0 Å². The lowest BCUT2D eigenvalue weighted by molar-refractivity contribution is 1.52. The highest BCUT2D eigenvalue weighted by Crippen LogP contribution is 2.12. The summed E-state index contributed by atoms with van der Waals surface area (Å²) in [6.07, 6.45) is 4.66. The zero-order valence-electron chi connectivity index (χ0n) is 6.10. The molecule has 0 saturated carbocycles. The van der Waals surface area contributed by atoms with Crippen LogP contribution in [-0.2, 0) is 0 Å². The average Bonchev–Trinajstić information content (AvgIpc) is 2.03. The predicted molar refractivity (Wildman–Crippen MR) is 57.2 cm³/mol. The molecule has 0 amide bonds.